The number of fused-ring (bicyclic) bond motifs is 2. The SMILES string of the molecule is CC(C)(C)OC(=O)N1CC2CC(c3cc(C(F)(F)F)cn4cncc34)C[C@@H]2C1. The molecule has 0 bridgehead atoms. The summed E-state index contributed by atoms with van der Waals surface area (Å²) in [6.07, 6.45) is 0.958. The van der Waals surface area contributed by atoms with Gasteiger partial charge in [0.15, 0.2) is 0 Å². The molecule has 1 saturated carbocycles. The van der Waals surface area contributed by atoms with E-state index in [1.54, 1.807) is 11.1 Å². The van der Waals surface area contributed by atoms with Gasteiger partial charge in [0, 0.05) is 19.3 Å². The molecule has 3 atom stereocenters. The van der Waals surface area contributed by atoms with Crippen molar-refractivity contribution in [1.82, 2.24) is 14.3 Å². The van der Waals surface area contributed by atoms with Crippen LogP contribution in [0.3, 0.4) is 0 Å². The van der Waals surface area contributed by atoms with Crippen molar-refractivity contribution in [3.63, 3.8) is 0 Å². The standard InChI is InChI=1S/C20H24F3N3O2/c1-19(2,3)28-18(27)25-8-13-4-12(5-14(13)9-25)16-6-15(20(21,22)23)10-26-11-24-7-17(16)26/h6-7,10-14H,4-5,8-9H2,1-3H3/t12?,13-,14?/m1/s1. The van der Waals surface area contributed by atoms with Gasteiger partial charge in [0.25, 0.3) is 0 Å². The summed E-state index contributed by atoms with van der Waals surface area (Å²) in [5.74, 6) is 0.613. The van der Waals surface area contributed by atoms with Crippen molar-refractivity contribution in [2.24, 2.45) is 11.8 Å². The van der Waals surface area contributed by atoms with Gasteiger partial charge in [-0.25, -0.2) is 9.78 Å². The van der Waals surface area contributed by atoms with Gasteiger partial charge in [-0.15, -0.1) is 0 Å². The van der Waals surface area contributed by atoms with Gasteiger partial charge in [-0.2, -0.15) is 13.2 Å². The van der Waals surface area contributed by atoms with Crippen molar-refractivity contribution in [3.8, 4) is 0 Å². The summed E-state index contributed by atoms with van der Waals surface area (Å²) in [5, 5.41) is 0. The average molecular weight is 395 g/mol. The molecule has 3 heterocycles. The van der Waals surface area contributed by atoms with Crippen LogP contribution in [0.15, 0.2) is 24.8 Å². The number of carbonyl (C=O) groups excluding carboxylic acids is 1. The molecule has 152 valence electrons. The van der Waals surface area contributed by atoms with Gasteiger partial charge in [-0.1, -0.05) is 0 Å². The summed E-state index contributed by atoms with van der Waals surface area (Å²) in [7, 11) is 0. The van der Waals surface area contributed by atoms with Crippen LogP contribution < -0.4 is 0 Å². The van der Waals surface area contributed by atoms with Crippen molar-refractivity contribution in [2.75, 3.05) is 13.1 Å². The van der Waals surface area contributed by atoms with Gasteiger partial charge in [-0.3, -0.25) is 0 Å². The fourth-order valence-corrected chi connectivity index (χ4v) is 4.57. The number of hydrogen-bond donors (Lipinski definition) is 0. The quantitative estimate of drug-likeness (QED) is 0.702. The Balaban J connectivity index is 1.53. The fourth-order valence-electron chi connectivity index (χ4n) is 4.57. The zero-order valence-corrected chi connectivity index (χ0v) is 16.2. The maximum absolute atomic E-state index is 13.3. The number of halogens is 3. The van der Waals surface area contributed by atoms with Crippen LogP contribution in [0.2, 0.25) is 0 Å². The van der Waals surface area contributed by atoms with Crippen molar-refractivity contribution in [3.05, 3.63) is 35.9 Å². The van der Waals surface area contributed by atoms with E-state index >= 15 is 0 Å². The Morgan fingerprint density at radius 1 is 1.18 bits per heavy atom. The third-order valence-electron chi connectivity index (χ3n) is 5.72. The summed E-state index contributed by atoms with van der Waals surface area (Å²) >= 11 is 0. The van der Waals surface area contributed by atoms with Crippen molar-refractivity contribution in [1.29, 1.82) is 0 Å². The highest BCUT2D eigenvalue weighted by molar-refractivity contribution is 5.68. The maximum Gasteiger partial charge on any atom is 0.417 e. The van der Waals surface area contributed by atoms with E-state index < -0.39 is 17.3 Å². The first-order valence-electron chi connectivity index (χ1n) is 9.52. The third-order valence-corrected chi connectivity index (χ3v) is 5.72. The fraction of sp³-hybridized carbons (Fsp3) is 0.600. The molecule has 2 aliphatic rings. The lowest BCUT2D eigenvalue weighted by Crippen LogP contribution is -2.36. The van der Waals surface area contributed by atoms with E-state index in [4.69, 9.17) is 4.74 Å². The number of amides is 1. The molecule has 2 aromatic rings. The van der Waals surface area contributed by atoms with Crippen LogP contribution in [0.25, 0.3) is 5.52 Å². The number of likely N-dealkylation sites (tertiary alicyclic amines) is 1. The van der Waals surface area contributed by atoms with Crippen molar-refractivity contribution in [2.45, 2.75) is 51.3 Å². The van der Waals surface area contributed by atoms with Gasteiger partial charge in [-0.05, 0) is 63.0 Å². The predicted octanol–water partition coefficient (Wildman–Crippen LogP) is 4.71. The van der Waals surface area contributed by atoms with E-state index in [1.165, 1.54) is 16.8 Å². The van der Waals surface area contributed by atoms with Gasteiger partial charge in [0.2, 0.25) is 0 Å². The molecule has 0 N–H and O–H groups in total. The molecule has 2 unspecified atom stereocenters. The van der Waals surface area contributed by atoms with E-state index in [0.717, 1.165) is 24.6 Å². The Morgan fingerprint density at radius 2 is 1.82 bits per heavy atom. The Hall–Kier alpha value is -2.25. The lowest BCUT2D eigenvalue weighted by Gasteiger charge is -2.25. The first kappa shape index (κ1) is 19.1. The Bertz CT molecular complexity index is 886. The number of aromatic nitrogens is 2. The van der Waals surface area contributed by atoms with E-state index in [9.17, 15) is 18.0 Å². The number of pyridine rings is 1. The number of nitrogens with zero attached hydrogens (tertiary/aromatic N) is 3. The minimum Gasteiger partial charge on any atom is -0.444 e. The largest absolute Gasteiger partial charge is 0.444 e. The van der Waals surface area contributed by atoms with Crippen molar-refractivity contribution < 1.29 is 22.7 Å². The van der Waals surface area contributed by atoms with Crippen molar-refractivity contribution >= 4 is 11.6 Å². The molecule has 1 amide bonds. The molecule has 0 radical (unpaired) electrons. The molecule has 28 heavy (non-hydrogen) atoms. The predicted molar refractivity (Wildman–Crippen MR) is 97.0 cm³/mol. The summed E-state index contributed by atoms with van der Waals surface area (Å²) in [6, 6.07) is 1.27. The van der Waals surface area contributed by atoms with E-state index in [0.29, 0.717) is 18.7 Å². The second-order valence-corrected chi connectivity index (χ2v) is 8.94. The second-order valence-electron chi connectivity index (χ2n) is 8.94. The van der Waals surface area contributed by atoms with Crippen LogP contribution in [0.4, 0.5) is 18.0 Å². The Kier molecular flexibility index (Phi) is 4.35. The van der Waals surface area contributed by atoms with Gasteiger partial charge >= 0.3 is 12.3 Å². The number of hydrogen-bond acceptors (Lipinski definition) is 3. The summed E-state index contributed by atoms with van der Waals surface area (Å²) < 4.78 is 46.8. The van der Waals surface area contributed by atoms with Crippen LogP contribution in [-0.2, 0) is 10.9 Å². The number of rotatable bonds is 1. The zero-order chi connectivity index (χ0) is 20.3. The molecule has 1 aliphatic carbocycles. The van der Waals surface area contributed by atoms with Crippen LogP contribution >= 0.6 is 0 Å². The van der Waals surface area contributed by atoms with E-state index in [2.05, 4.69) is 4.98 Å². The molecule has 1 aliphatic heterocycles. The maximum atomic E-state index is 13.3. The lowest BCUT2D eigenvalue weighted by molar-refractivity contribution is -0.137. The minimum absolute atomic E-state index is 0.0392. The van der Waals surface area contributed by atoms with E-state index in [1.807, 2.05) is 20.8 Å². The normalized spacial score (nSPS) is 25.4. The van der Waals surface area contributed by atoms with E-state index in [-0.39, 0.29) is 23.8 Å². The number of carbonyl (C=O) groups is 1. The second kappa shape index (κ2) is 6.39. The summed E-state index contributed by atoms with van der Waals surface area (Å²) in [4.78, 5) is 18.1. The van der Waals surface area contributed by atoms with Crippen LogP contribution in [0, 0.1) is 11.8 Å². The molecule has 5 nitrogen and oxygen atoms in total. The van der Waals surface area contributed by atoms with Gasteiger partial charge in [0.1, 0.15) is 5.60 Å². The highest BCUT2D eigenvalue weighted by atomic mass is 19.4. The average Bonchev–Trinajstić information content (AvgIpc) is 3.25. The molecule has 0 spiro atoms. The Labute approximate surface area is 161 Å². The van der Waals surface area contributed by atoms with Gasteiger partial charge in [0.05, 0.1) is 23.6 Å². The highest BCUT2D eigenvalue weighted by Crippen LogP contribution is 2.48. The van der Waals surface area contributed by atoms with Crippen LogP contribution in [0.1, 0.15) is 50.7 Å². The zero-order valence-electron chi connectivity index (χ0n) is 16.2. The molecule has 2 aromatic heterocycles. The molecule has 8 heteroatoms. The number of ether oxygens (including phenoxy) is 1. The highest BCUT2D eigenvalue weighted by Gasteiger charge is 2.44. The number of imidazole rings is 1. The first-order valence-corrected chi connectivity index (χ1v) is 9.52. The monoisotopic (exact) mass is 395 g/mol. The number of alkyl halides is 3. The molecule has 0 aromatic carbocycles. The van der Waals surface area contributed by atoms with Gasteiger partial charge < -0.3 is 14.0 Å². The summed E-state index contributed by atoms with van der Waals surface area (Å²) in [5.41, 5.74) is 0.233. The molecular weight excluding hydrogens is 371 g/mol. The molecule has 1 saturated heterocycles. The van der Waals surface area contributed by atoms with Crippen LogP contribution in [0.5, 0.6) is 0 Å². The Morgan fingerprint density at radius 3 is 2.39 bits per heavy atom. The van der Waals surface area contributed by atoms with Crippen LogP contribution in [-0.4, -0.2) is 39.1 Å². The first-order chi connectivity index (χ1) is 13.0. The third kappa shape index (κ3) is 3.56. The smallest absolute Gasteiger partial charge is 0.417 e. The summed E-state index contributed by atoms with van der Waals surface area (Å²) in [6.45, 7) is 6.71. The molecular formula is C20H24F3N3O2. The lowest BCUT2D eigenvalue weighted by atomic mass is 9.94. The minimum atomic E-state index is -4.39. The molecule has 4 rings (SSSR count). The topological polar surface area (TPSA) is 46.8 Å². The molecule has 2 fully saturated rings.